The van der Waals surface area contributed by atoms with Gasteiger partial charge in [0.05, 0.1) is 24.8 Å². The predicted molar refractivity (Wildman–Crippen MR) is 118 cm³/mol. The van der Waals surface area contributed by atoms with Crippen LogP contribution >= 0.6 is 0 Å². The van der Waals surface area contributed by atoms with E-state index >= 15 is 0 Å². The number of hydrogen-bond acceptors (Lipinski definition) is 4. The van der Waals surface area contributed by atoms with Gasteiger partial charge in [0.25, 0.3) is 0 Å². The fraction of sp³-hybridized carbons (Fsp3) is 0.346. The number of hydrogen-bond donors (Lipinski definition) is 0. The molecule has 1 amide bonds. The van der Waals surface area contributed by atoms with Gasteiger partial charge in [0.15, 0.2) is 11.5 Å². The summed E-state index contributed by atoms with van der Waals surface area (Å²) in [5.74, 6) is 2.48. The molecule has 0 bridgehead atoms. The van der Waals surface area contributed by atoms with Crippen LogP contribution in [0.15, 0.2) is 59.0 Å². The quantitative estimate of drug-likeness (QED) is 0.528. The van der Waals surface area contributed by atoms with Gasteiger partial charge < -0.3 is 18.8 Å². The monoisotopic (exact) mass is 435 g/mol. The molecular formula is C26H26FNO4. The van der Waals surface area contributed by atoms with Crippen molar-refractivity contribution in [3.63, 3.8) is 0 Å². The topological polar surface area (TPSA) is 51.9 Å². The molecule has 0 saturated carbocycles. The Balaban J connectivity index is 1.25. The highest BCUT2D eigenvalue weighted by atomic mass is 19.1. The summed E-state index contributed by atoms with van der Waals surface area (Å²) < 4.78 is 31.4. The van der Waals surface area contributed by atoms with Gasteiger partial charge >= 0.3 is 0 Å². The van der Waals surface area contributed by atoms with Crippen LogP contribution in [0.1, 0.15) is 43.0 Å². The molecule has 0 spiro atoms. The summed E-state index contributed by atoms with van der Waals surface area (Å²) in [5.41, 5.74) is 1.51. The van der Waals surface area contributed by atoms with E-state index in [4.69, 9.17) is 13.9 Å². The number of aryl methyl sites for hydroxylation is 1. The molecule has 3 heterocycles. The number of fused-ring (bicyclic) bond motifs is 1. The number of ether oxygens (including phenoxy) is 2. The number of rotatable bonds is 5. The smallest absolute Gasteiger partial charge is 0.223 e. The van der Waals surface area contributed by atoms with Crippen LogP contribution in [0.25, 0.3) is 11.3 Å². The molecule has 0 aliphatic carbocycles. The van der Waals surface area contributed by atoms with E-state index in [0.717, 1.165) is 42.9 Å². The summed E-state index contributed by atoms with van der Waals surface area (Å²) in [4.78, 5) is 15.0. The molecule has 166 valence electrons. The zero-order chi connectivity index (χ0) is 21.9. The maximum Gasteiger partial charge on any atom is 0.223 e. The summed E-state index contributed by atoms with van der Waals surface area (Å²) in [5, 5.41) is 0. The van der Waals surface area contributed by atoms with Gasteiger partial charge in [0.2, 0.25) is 5.91 Å². The van der Waals surface area contributed by atoms with Crippen LogP contribution in [-0.2, 0) is 11.2 Å². The Morgan fingerprint density at radius 1 is 1.00 bits per heavy atom. The second-order valence-electron chi connectivity index (χ2n) is 8.25. The molecule has 0 N–H and O–H groups in total. The molecule has 2 aliphatic heterocycles. The molecule has 3 aromatic rings. The molecule has 5 rings (SSSR count). The zero-order valence-electron chi connectivity index (χ0n) is 17.9. The average Bonchev–Trinajstić information content (AvgIpc) is 3.43. The lowest BCUT2D eigenvalue weighted by molar-refractivity contribution is -0.132. The first-order chi connectivity index (χ1) is 15.7. The van der Waals surface area contributed by atoms with Gasteiger partial charge in [-0.05, 0) is 54.8 Å². The Hall–Kier alpha value is -3.28. The van der Waals surface area contributed by atoms with Crippen LogP contribution in [0.2, 0.25) is 0 Å². The molecule has 6 heteroatoms. The Morgan fingerprint density at radius 2 is 1.84 bits per heavy atom. The lowest BCUT2D eigenvalue weighted by atomic mass is 10.0. The number of nitrogens with zero attached hydrogens (tertiary/aromatic N) is 1. The van der Waals surface area contributed by atoms with E-state index in [1.54, 1.807) is 24.3 Å². The molecule has 2 aromatic carbocycles. The summed E-state index contributed by atoms with van der Waals surface area (Å²) in [6, 6.07) is 16.2. The fourth-order valence-electron chi connectivity index (χ4n) is 4.49. The number of carbonyl (C=O) groups excluding carboxylic acids is 1. The SMILES string of the molecule is O=C(CCc1ccc(-c2ccccc2F)o1)N1CCCC1c1ccc2c(c1)OCCCO2. The third-order valence-electron chi connectivity index (χ3n) is 6.12. The molecule has 32 heavy (non-hydrogen) atoms. The second-order valence-corrected chi connectivity index (χ2v) is 8.25. The minimum atomic E-state index is -0.320. The first kappa shape index (κ1) is 20.6. The number of benzene rings is 2. The van der Waals surface area contributed by atoms with Crippen LogP contribution in [0.3, 0.4) is 0 Å². The summed E-state index contributed by atoms with van der Waals surface area (Å²) in [7, 11) is 0. The van der Waals surface area contributed by atoms with Crippen molar-refractivity contribution in [2.24, 2.45) is 0 Å². The van der Waals surface area contributed by atoms with E-state index in [-0.39, 0.29) is 17.8 Å². The third kappa shape index (κ3) is 4.22. The molecule has 0 radical (unpaired) electrons. The Kier molecular flexibility index (Phi) is 5.84. The number of carbonyl (C=O) groups is 1. The van der Waals surface area contributed by atoms with Crippen LogP contribution < -0.4 is 9.47 Å². The van der Waals surface area contributed by atoms with Gasteiger partial charge in [-0.3, -0.25) is 4.79 Å². The van der Waals surface area contributed by atoms with Crippen LogP contribution in [0, 0.1) is 5.82 Å². The highest BCUT2D eigenvalue weighted by molar-refractivity contribution is 5.77. The standard InChI is InChI=1S/C26H26FNO4/c27-21-6-2-1-5-20(21)23-12-9-19(32-23)10-13-26(29)28-14-3-7-22(28)18-8-11-24-25(17-18)31-16-4-15-30-24/h1-2,5-6,8-9,11-12,17,22H,3-4,7,10,13-16H2. The highest BCUT2D eigenvalue weighted by Gasteiger charge is 2.30. The Morgan fingerprint density at radius 3 is 2.72 bits per heavy atom. The maximum atomic E-state index is 14.0. The van der Waals surface area contributed by atoms with Gasteiger partial charge in [0, 0.05) is 25.8 Å². The molecule has 1 atom stereocenters. The van der Waals surface area contributed by atoms with Crippen molar-refractivity contribution in [1.29, 1.82) is 0 Å². The van der Waals surface area contributed by atoms with E-state index in [9.17, 15) is 9.18 Å². The van der Waals surface area contributed by atoms with Crippen molar-refractivity contribution in [2.45, 2.75) is 38.1 Å². The molecular weight excluding hydrogens is 409 g/mol. The first-order valence-corrected chi connectivity index (χ1v) is 11.2. The lowest BCUT2D eigenvalue weighted by Crippen LogP contribution is -2.30. The summed E-state index contributed by atoms with van der Waals surface area (Å²) in [6.07, 6.45) is 3.61. The predicted octanol–water partition coefficient (Wildman–Crippen LogP) is 5.54. The van der Waals surface area contributed by atoms with Gasteiger partial charge in [-0.15, -0.1) is 0 Å². The Labute approximate surface area is 186 Å². The minimum absolute atomic E-state index is 0.0465. The van der Waals surface area contributed by atoms with Crippen molar-refractivity contribution < 1.29 is 23.1 Å². The van der Waals surface area contributed by atoms with E-state index in [0.29, 0.717) is 43.1 Å². The minimum Gasteiger partial charge on any atom is -0.490 e. The second kappa shape index (κ2) is 9.07. The van der Waals surface area contributed by atoms with Gasteiger partial charge in [-0.25, -0.2) is 4.39 Å². The maximum absolute atomic E-state index is 14.0. The fourth-order valence-corrected chi connectivity index (χ4v) is 4.49. The Bertz CT molecular complexity index is 1110. The molecule has 1 aromatic heterocycles. The van der Waals surface area contributed by atoms with Crippen molar-refractivity contribution >= 4 is 5.91 Å². The third-order valence-corrected chi connectivity index (χ3v) is 6.12. The van der Waals surface area contributed by atoms with E-state index in [1.165, 1.54) is 6.07 Å². The highest BCUT2D eigenvalue weighted by Crippen LogP contribution is 2.38. The molecule has 1 fully saturated rings. The van der Waals surface area contributed by atoms with E-state index < -0.39 is 0 Å². The van der Waals surface area contributed by atoms with Crippen molar-refractivity contribution in [1.82, 2.24) is 4.90 Å². The van der Waals surface area contributed by atoms with E-state index in [2.05, 4.69) is 0 Å². The van der Waals surface area contributed by atoms with Crippen LogP contribution in [-0.4, -0.2) is 30.6 Å². The normalized spacial score (nSPS) is 17.9. The number of likely N-dealkylation sites (tertiary alicyclic amines) is 1. The van der Waals surface area contributed by atoms with Crippen molar-refractivity contribution in [3.05, 3.63) is 71.7 Å². The van der Waals surface area contributed by atoms with Crippen LogP contribution in [0.4, 0.5) is 4.39 Å². The number of amides is 1. The van der Waals surface area contributed by atoms with Crippen LogP contribution in [0.5, 0.6) is 11.5 Å². The number of halogens is 1. The average molecular weight is 435 g/mol. The zero-order valence-corrected chi connectivity index (χ0v) is 17.9. The lowest BCUT2D eigenvalue weighted by Gasteiger charge is -2.25. The molecule has 1 unspecified atom stereocenters. The van der Waals surface area contributed by atoms with Gasteiger partial charge in [0.1, 0.15) is 17.3 Å². The molecule has 1 saturated heterocycles. The molecule has 5 nitrogen and oxygen atoms in total. The first-order valence-electron chi connectivity index (χ1n) is 11.2. The summed E-state index contributed by atoms with van der Waals surface area (Å²) in [6.45, 7) is 2.05. The van der Waals surface area contributed by atoms with Gasteiger partial charge in [-0.2, -0.15) is 0 Å². The molecule has 2 aliphatic rings. The van der Waals surface area contributed by atoms with E-state index in [1.807, 2.05) is 29.2 Å². The number of furan rings is 1. The van der Waals surface area contributed by atoms with Crippen molar-refractivity contribution in [2.75, 3.05) is 19.8 Å². The van der Waals surface area contributed by atoms with Gasteiger partial charge in [-0.1, -0.05) is 18.2 Å². The van der Waals surface area contributed by atoms with Crippen molar-refractivity contribution in [3.8, 4) is 22.8 Å². The largest absolute Gasteiger partial charge is 0.490 e. The summed E-state index contributed by atoms with van der Waals surface area (Å²) >= 11 is 0.